The van der Waals surface area contributed by atoms with Gasteiger partial charge >= 0.3 is 0 Å². The number of methoxy groups -OCH3 is 3. The Bertz CT molecular complexity index is 600. The molecule has 0 aliphatic carbocycles. The predicted molar refractivity (Wildman–Crippen MR) is 85.8 cm³/mol. The lowest BCUT2D eigenvalue weighted by atomic mass is 10.1. The number of ether oxygens (including phenoxy) is 3. The quantitative estimate of drug-likeness (QED) is 0.696. The first-order chi connectivity index (χ1) is 9.60. The van der Waals surface area contributed by atoms with Crippen LogP contribution in [-0.4, -0.2) is 21.3 Å². The summed E-state index contributed by atoms with van der Waals surface area (Å²) < 4.78 is 16.6. The van der Waals surface area contributed by atoms with Gasteiger partial charge in [0.15, 0.2) is 11.5 Å². The summed E-state index contributed by atoms with van der Waals surface area (Å²) in [7, 11) is 4.85. The first-order valence-corrected chi connectivity index (χ1v) is 7.89. The number of benzene rings is 1. The van der Waals surface area contributed by atoms with Crippen molar-refractivity contribution in [3.8, 4) is 17.2 Å². The Morgan fingerprint density at radius 1 is 1.05 bits per heavy atom. The molecule has 0 spiro atoms. The highest BCUT2D eigenvalue weighted by Gasteiger charge is 2.19. The lowest BCUT2D eigenvalue weighted by molar-refractivity contribution is 0.354. The van der Waals surface area contributed by atoms with Gasteiger partial charge < -0.3 is 14.2 Å². The predicted octanol–water partition coefficient (Wildman–Crippen LogP) is 4.86. The average molecular weight is 378 g/mol. The van der Waals surface area contributed by atoms with E-state index < -0.39 is 0 Å². The van der Waals surface area contributed by atoms with E-state index in [0.29, 0.717) is 11.5 Å². The molecule has 0 N–H and O–H groups in total. The lowest BCUT2D eigenvalue weighted by Gasteiger charge is -2.14. The topological polar surface area (TPSA) is 27.7 Å². The van der Waals surface area contributed by atoms with Crippen LogP contribution in [0.3, 0.4) is 0 Å². The minimum absolute atomic E-state index is 0.280. The van der Waals surface area contributed by atoms with Crippen molar-refractivity contribution in [3.05, 3.63) is 38.5 Å². The van der Waals surface area contributed by atoms with Crippen LogP contribution in [0.2, 0.25) is 0 Å². The van der Waals surface area contributed by atoms with Crippen molar-refractivity contribution in [2.75, 3.05) is 21.3 Å². The van der Waals surface area contributed by atoms with E-state index in [2.05, 4.69) is 15.9 Å². The summed E-state index contributed by atoms with van der Waals surface area (Å²) in [6.07, 6.45) is 0. The molecule has 0 aliphatic heterocycles. The molecule has 0 amide bonds. The summed E-state index contributed by atoms with van der Waals surface area (Å²) in [6, 6.07) is 5.67. The standard InChI is InChI=1S/C14H14BrClO3S/c1-17-8-4-13(20-7-8)14(16)9-5-11(18-2)12(19-3)6-10(9)15/h4-7,14H,1-3H3. The number of hydrogen-bond donors (Lipinski definition) is 0. The van der Waals surface area contributed by atoms with E-state index in [-0.39, 0.29) is 5.38 Å². The van der Waals surface area contributed by atoms with Crippen molar-refractivity contribution in [2.45, 2.75) is 5.38 Å². The van der Waals surface area contributed by atoms with E-state index in [9.17, 15) is 0 Å². The smallest absolute Gasteiger partial charge is 0.161 e. The molecule has 108 valence electrons. The van der Waals surface area contributed by atoms with Crippen molar-refractivity contribution in [1.82, 2.24) is 0 Å². The van der Waals surface area contributed by atoms with Crippen LogP contribution in [0.25, 0.3) is 0 Å². The molecule has 3 nitrogen and oxygen atoms in total. The Balaban J connectivity index is 2.40. The summed E-state index contributed by atoms with van der Waals surface area (Å²) in [5, 5.41) is 1.65. The number of halogens is 2. The molecule has 1 aromatic heterocycles. The molecule has 1 atom stereocenters. The fraction of sp³-hybridized carbons (Fsp3) is 0.286. The van der Waals surface area contributed by atoms with Gasteiger partial charge in [-0.2, -0.15) is 0 Å². The van der Waals surface area contributed by atoms with Crippen LogP contribution in [0.5, 0.6) is 17.2 Å². The van der Waals surface area contributed by atoms with Gasteiger partial charge in [-0.25, -0.2) is 0 Å². The zero-order valence-corrected chi connectivity index (χ0v) is 14.4. The fourth-order valence-electron chi connectivity index (χ4n) is 1.79. The second kappa shape index (κ2) is 6.70. The highest BCUT2D eigenvalue weighted by Crippen LogP contribution is 2.42. The Hall–Kier alpha value is -0.910. The Morgan fingerprint density at radius 3 is 2.25 bits per heavy atom. The van der Waals surface area contributed by atoms with Gasteiger partial charge in [-0.3, -0.25) is 0 Å². The molecule has 20 heavy (non-hydrogen) atoms. The normalized spacial score (nSPS) is 12.1. The molecule has 6 heteroatoms. The second-order valence-corrected chi connectivity index (χ2v) is 6.21. The Kier molecular flexibility index (Phi) is 5.18. The number of alkyl halides is 1. The van der Waals surface area contributed by atoms with Gasteiger partial charge in [0.2, 0.25) is 0 Å². The summed E-state index contributed by atoms with van der Waals surface area (Å²) in [4.78, 5) is 1.01. The van der Waals surface area contributed by atoms with Crippen LogP contribution in [-0.2, 0) is 0 Å². The molecule has 0 fully saturated rings. The van der Waals surface area contributed by atoms with Gasteiger partial charge in [-0.1, -0.05) is 15.9 Å². The van der Waals surface area contributed by atoms with Gasteiger partial charge in [0.1, 0.15) is 5.75 Å². The summed E-state index contributed by atoms with van der Waals surface area (Å²) in [5.41, 5.74) is 0.925. The van der Waals surface area contributed by atoms with Gasteiger partial charge in [-0.15, -0.1) is 22.9 Å². The molecule has 0 bridgehead atoms. The molecule has 0 saturated heterocycles. The van der Waals surface area contributed by atoms with E-state index in [1.807, 2.05) is 23.6 Å². The van der Waals surface area contributed by atoms with E-state index in [1.54, 1.807) is 32.7 Å². The molecule has 1 heterocycles. The zero-order valence-electron chi connectivity index (χ0n) is 11.3. The molecular formula is C14H14BrClO3S. The largest absolute Gasteiger partial charge is 0.496 e. The van der Waals surface area contributed by atoms with Gasteiger partial charge in [0, 0.05) is 14.7 Å². The van der Waals surface area contributed by atoms with Gasteiger partial charge in [0.05, 0.1) is 26.7 Å². The monoisotopic (exact) mass is 376 g/mol. The third-order valence-corrected chi connectivity index (χ3v) is 5.12. The van der Waals surface area contributed by atoms with Gasteiger partial charge in [0.25, 0.3) is 0 Å². The van der Waals surface area contributed by atoms with Crippen molar-refractivity contribution in [2.24, 2.45) is 0 Å². The zero-order chi connectivity index (χ0) is 14.7. The number of thiophene rings is 1. The van der Waals surface area contributed by atoms with Crippen LogP contribution >= 0.6 is 38.9 Å². The second-order valence-electron chi connectivity index (χ2n) is 3.98. The third-order valence-electron chi connectivity index (χ3n) is 2.86. The highest BCUT2D eigenvalue weighted by molar-refractivity contribution is 9.10. The van der Waals surface area contributed by atoms with E-state index >= 15 is 0 Å². The van der Waals surface area contributed by atoms with Crippen LogP contribution in [0.15, 0.2) is 28.1 Å². The molecule has 2 aromatic rings. The molecule has 0 aliphatic rings. The average Bonchev–Trinajstić information content (AvgIpc) is 2.95. The molecule has 2 rings (SSSR count). The molecule has 1 unspecified atom stereocenters. The highest BCUT2D eigenvalue weighted by atomic mass is 79.9. The van der Waals surface area contributed by atoms with Crippen molar-refractivity contribution >= 4 is 38.9 Å². The van der Waals surface area contributed by atoms with E-state index in [1.165, 1.54) is 0 Å². The first-order valence-electron chi connectivity index (χ1n) is 5.78. The molecule has 0 saturated carbocycles. The van der Waals surface area contributed by atoms with E-state index in [0.717, 1.165) is 20.7 Å². The molecule has 0 radical (unpaired) electrons. The van der Waals surface area contributed by atoms with Crippen LogP contribution in [0, 0.1) is 0 Å². The Morgan fingerprint density at radius 2 is 1.70 bits per heavy atom. The van der Waals surface area contributed by atoms with Crippen LogP contribution < -0.4 is 14.2 Å². The lowest BCUT2D eigenvalue weighted by Crippen LogP contribution is -1.97. The van der Waals surface area contributed by atoms with Gasteiger partial charge in [-0.05, 0) is 23.8 Å². The maximum absolute atomic E-state index is 6.56. The minimum Gasteiger partial charge on any atom is -0.496 e. The maximum Gasteiger partial charge on any atom is 0.161 e. The number of hydrogen-bond acceptors (Lipinski definition) is 4. The fourth-order valence-corrected chi connectivity index (χ4v) is 3.72. The summed E-state index contributed by atoms with van der Waals surface area (Å²) in [6.45, 7) is 0. The Labute approximate surface area is 135 Å². The SMILES string of the molecule is COc1csc(C(Cl)c2cc(OC)c(OC)cc2Br)c1. The molecule has 1 aromatic carbocycles. The van der Waals surface area contributed by atoms with Crippen LogP contribution in [0.1, 0.15) is 15.8 Å². The maximum atomic E-state index is 6.56. The number of rotatable bonds is 5. The van der Waals surface area contributed by atoms with Crippen LogP contribution in [0.4, 0.5) is 0 Å². The third kappa shape index (κ3) is 3.05. The summed E-state index contributed by atoms with van der Waals surface area (Å²) >= 11 is 11.6. The van der Waals surface area contributed by atoms with Crippen molar-refractivity contribution in [1.29, 1.82) is 0 Å². The minimum atomic E-state index is -0.280. The van der Waals surface area contributed by atoms with Crippen molar-refractivity contribution < 1.29 is 14.2 Å². The molecular weight excluding hydrogens is 364 g/mol. The summed E-state index contributed by atoms with van der Waals surface area (Å²) in [5.74, 6) is 2.13. The first kappa shape index (κ1) is 15.5. The van der Waals surface area contributed by atoms with Crippen molar-refractivity contribution in [3.63, 3.8) is 0 Å². The van der Waals surface area contributed by atoms with E-state index in [4.69, 9.17) is 25.8 Å².